The van der Waals surface area contributed by atoms with E-state index in [0.29, 0.717) is 0 Å². The van der Waals surface area contributed by atoms with Crippen molar-refractivity contribution in [1.82, 2.24) is 4.90 Å². The molecule has 226 valence electrons. The predicted octanol–water partition coefficient (Wildman–Crippen LogP) is 8.74. The molecule has 0 saturated heterocycles. The minimum absolute atomic E-state index is 0.0159. The fourth-order valence-electron chi connectivity index (χ4n) is 11.6. The van der Waals surface area contributed by atoms with Gasteiger partial charge in [0.2, 0.25) is 0 Å². The molecule has 0 amide bonds. The molecule has 5 rings (SSSR count). The Morgan fingerprint density at radius 2 is 1.64 bits per heavy atom. The Kier molecular flexibility index (Phi) is 6.90. The van der Waals surface area contributed by atoms with E-state index in [1.807, 2.05) is 38.3 Å². The van der Waals surface area contributed by atoms with Gasteiger partial charge in [-0.15, -0.1) is 0 Å². The monoisotopic (exact) mass is 568 g/mol. The molecule has 0 aromatic rings. The third-order valence-corrected chi connectivity index (χ3v) is 13.8. The van der Waals surface area contributed by atoms with Crippen molar-refractivity contribution in [1.29, 1.82) is 5.26 Å². The lowest BCUT2D eigenvalue weighted by molar-refractivity contribution is -0.208. The summed E-state index contributed by atoms with van der Waals surface area (Å²) in [6, 6.07) is 2.22. The Bertz CT molecular complexity index is 1370. The minimum atomic E-state index is -0.647. The first kappa shape index (κ1) is 30.8. The molecule has 0 aromatic heterocycles. The van der Waals surface area contributed by atoms with Crippen molar-refractivity contribution in [2.24, 2.45) is 49.7 Å². The van der Waals surface area contributed by atoms with Gasteiger partial charge in [0.25, 0.3) is 0 Å². The number of allylic oxidation sites excluding steroid dienone is 6. The molecule has 0 N–H and O–H groups in total. The van der Waals surface area contributed by atoms with Gasteiger partial charge in [-0.2, -0.15) is 5.26 Å². The maximum atomic E-state index is 14.9. The van der Waals surface area contributed by atoms with Gasteiger partial charge in [-0.25, -0.2) is 0 Å². The van der Waals surface area contributed by atoms with Gasteiger partial charge in [0, 0.05) is 29.5 Å². The highest BCUT2D eigenvalue weighted by molar-refractivity contribution is 6.04. The second-order valence-electron chi connectivity index (χ2n) is 16.7. The van der Waals surface area contributed by atoms with E-state index < -0.39 is 10.8 Å². The average molecular weight is 569 g/mol. The highest BCUT2D eigenvalue weighted by Crippen LogP contribution is 2.77. The van der Waals surface area contributed by atoms with Crippen LogP contribution >= 0.6 is 0 Å². The van der Waals surface area contributed by atoms with Crippen LogP contribution in [-0.2, 0) is 9.59 Å². The normalized spacial score (nSPS) is 43.5. The highest BCUT2D eigenvalue weighted by atomic mass is 16.1. The average Bonchev–Trinajstić information content (AvgIpc) is 2.90. The molecule has 3 saturated carbocycles. The van der Waals surface area contributed by atoms with Crippen LogP contribution in [-0.4, -0.2) is 23.0 Å². The third kappa shape index (κ3) is 3.84. The highest BCUT2D eigenvalue weighted by Gasteiger charge is 2.73. The maximum absolute atomic E-state index is 14.9. The van der Waals surface area contributed by atoms with Gasteiger partial charge in [0.1, 0.15) is 6.07 Å². The number of hydrogen-bond acceptors (Lipinski definition) is 4. The summed E-state index contributed by atoms with van der Waals surface area (Å²) in [5.41, 5.74) is -0.225. The van der Waals surface area contributed by atoms with Crippen LogP contribution in [0.5, 0.6) is 0 Å². The molecule has 0 aromatic carbocycles. The largest absolute Gasteiger partial charge is 0.354 e. The van der Waals surface area contributed by atoms with Gasteiger partial charge in [-0.1, -0.05) is 86.3 Å². The predicted molar refractivity (Wildman–Crippen MR) is 170 cm³/mol. The first-order valence-corrected chi connectivity index (χ1v) is 16.0. The Labute approximate surface area is 254 Å². The first-order chi connectivity index (χ1) is 19.4. The molecule has 0 radical (unpaired) electrons. The standard InChI is InChI=1S/C38H52N2O2/c1-11-13-20-40(12-2)25-38-18-16-32(3,4)24-37(38,10)30-27(41)21-29-34(7)22-26(23-39)31(42)33(5,6)28(34)14-15-35(29,8)36(30,9)17-19-38/h11-13,20-22,28,30H,1-2,14-19,24-25H2,3-10H3/b20-13-/t28?,30-,34-,35+,36+,37-,38+/m0/s1. The van der Waals surface area contributed by atoms with Crippen LogP contribution < -0.4 is 0 Å². The number of hydrogen-bond donors (Lipinski definition) is 0. The minimum Gasteiger partial charge on any atom is -0.354 e. The zero-order valence-electron chi connectivity index (χ0n) is 27.4. The summed E-state index contributed by atoms with van der Waals surface area (Å²) in [6.45, 7) is 27.1. The molecule has 7 atom stereocenters. The Balaban J connectivity index is 1.70. The maximum Gasteiger partial charge on any atom is 0.178 e. The van der Waals surface area contributed by atoms with Crippen molar-refractivity contribution in [3.05, 3.63) is 61.0 Å². The Morgan fingerprint density at radius 3 is 2.26 bits per heavy atom. The molecule has 3 fully saturated rings. The summed E-state index contributed by atoms with van der Waals surface area (Å²) in [5.74, 6) is 0.163. The number of ketones is 2. The summed E-state index contributed by atoms with van der Waals surface area (Å²) >= 11 is 0. The number of rotatable bonds is 5. The molecule has 0 bridgehead atoms. The van der Waals surface area contributed by atoms with E-state index in [4.69, 9.17) is 0 Å². The van der Waals surface area contributed by atoms with Gasteiger partial charge >= 0.3 is 0 Å². The number of fused-ring (bicyclic) bond motifs is 7. The second kappa shape index (κ2) is 9.41. The Morgan fingerprint density at radius 1 is 0.976 bits per heavy atom. The fraction of sp³-hybridized carbons (Fsp3) is 0.658. The van der Waals surface area contributed by atoms with Gasteiger partial charge in [-0.3, -0.25) is 9.59 Å². The zero-order chi connectivity index (χ0) is 31.1. The molecule has 5 aliphatic rings. The van der Waals surface area contributed by atoms with E-state index in [1.54, 1.807) is 6.08 Å². The topological polar surface area (TPSA) is 61.2 Å². The van der Waals surface area contributed by atoms with Gasteiger partial charge in [0.15, 0.2) is 11.6 Å². The number of nitriles is 1. The molecule has 4 heteroatoms. The van der Waals surface area contributed by atoms with Crippen LogP contribution in [0.4, 0.5) is 0 Å². The van der Waals surface area contributed by atoms with Crippen molar-refractivity contribution < 1.29 is 9.59 Å². The van der Waals surface area contributed by atoms with Gasteiger partial charge in [-0.05, 0) is 96.3 Å². The lowest BCUT2D eigenvalue weighted by Crippen LogP contribution is -2.69. The summed E-state index contributed by atoms with van der Waals surface area (Å²) in [4.78, 5) is 30.4. The van der Waals surface area contributed by atoms with E-state index in [1.165, 1.54) is 0 Å². The van der Waals surface area contributed by atoms with E-state index >= 15 is 0 Å². The fourth-order valence-corrected chi connectivity index (χ4v) is 11.6. The Hall–Kier alpha value is -2.67. The first-order valence-electron chi connectivity index (χ1n) is 16.0. The van der Waals surface area contributed by atoms with Crippen molar-refractivity contribution in [2.75, 3.05) is 6.54 Å². The summed E-state index contributed by atoms with van der Waals surface area (Å²) in [5, 5.41) is 9.99. The van der Waals surface area contributed by atoms with E-state index in [0.717, 1.165) is 57.1 Å². The van der Waals surface area contributed by atoms with E-state index in [2.05, 4.69) is 71.9 Å². The summed E-state index contributed by atoms with van der Waals surface area (Å²) in [6.07, 6.45) is 18.9. The van der Waals surface area contributed by atoms with Crippen LogP contribution in [0, 0.1) is 61.1 Å². The zero-order valence-corrected chi connectivity index (χ0v) is 27.4. The van der Waals surface area contributed by atoms with Gasteiger partial charge in [0.05, 0.1) is 5.57 Å². The smallest absolute Gasteiger partial charge is 0.178 e. The number of carbonyl (C=O) groups excluding carboxylic acids is 2. The van der Waals surface area contributed by atoms with Crippen LogP contribution in [0.15, 0.2) is 61.0 Å². The van der Waals surface area contributed by atoms with Crippen LogP contribution in [0.1, 0.15) is 100 Å². The van der Waals surface area contributed by atoms with E-state index in [-0.39, 0.29) is 56.1 Å². The molecule has 0 aliphatic heterocycles. The molecule has 4 nitrogen and oxygen atoms in total. The van der Waals surface area contributed by atoms with Gasteiger partial charge < -0.3 is 4.90 Å². The molecule has 0 heterocycles. The SMILES string of the molecule is C=C/C=C\N(C=C)C[C@]12CCC(C)(C)C[C@@]1(C)[C@H]1C(=O)C=C3[C@@]4(C)C=C(C#N)C(=O)C(C)(C)C4CC[C@@]3(C)[C@]1(C)CC2. The number of carbonyl (C=O) groups is 2. The quantitative estimate of drug-likeness (QED) is 0.311. The molecule has 42 heavy (non-hydrogen) atoms. The molecule has 1 unspecified atom stereocenters. The van der Waals surface area contributed by atoms with E-state index in [9.17, 15) is 14.9 Å². The molecule has 5 aliphatic carbocycles. The summed E-state index contributed by atoms with van der Waals surface area (Å²) < 4.78 is 0. The van der Waals surface area contributed by atoms with Crippen molar-refractivity contribution >= 4 is 11.6 Å². The van der Waals surface area contributed by atoms with Crippen LogP contribution in [0.25, 0.3) is 0 Å². The van der Waals surface area contributed by atoms with Crippen LogP contribution in [0.2, 0.25) is 0 Å². The lowest BCUT2D eigenvalue weighted by Gasteiger charge is -2.72. The number of nitrogens with zero attached hydrogens (tertiary/aromatic N) is 2. The second-order valence-corrected chi connectivity index (χ2v) is 16.7. The molecular weight excluding hydrogens is 516 g/mol. The molecular formula is C38H52N2O2. The lowest BCUT2D eigenvalue weighted by atomic mass is 9.31. The van der Waals surface area contributed by atoms with Crippen molar-refractivity contribution in [3.8, 4) is 6.07 Å². The van der Waals surface area contributed by atoms with Crippen LogP contribution in [0.3, 0.4) is 0 Å². The van der Waals surface area contributed by atoms with Crippen molar-refractivity contribution in [2.45, 2.75) is 100 Å². The molecule has 0 spiro atoms. The number of Topliss-reactive ketones (excluding diaryl/α,β-unsaturated/α-hetero) is 1. The van der Waals surface area contributed by atoms with Crippen molar-refractivity contribution in [3.63, 3.8) is 0 Å². The third-order valence-electron chi connectivity index (χ3n) is 13.8. The summed E-state index contributed by atoms with van der Waals surface area (Å²) in [7, 11) is 0.